The van der Waals surface area contributed by atoms with Crippen LogP contribution in [-0.2, 0) is 12.8 Å². The highest BCUT2D eigenvalue weighted by molar-refractivity contribution is 7.17. The van der Waals surface area contributed by atoms with Crippen LogP contribution in [0.1, 0.15) is 41.3 Å². The molecule has 0 radical (unpaired) electrons. The first-order valence-corrected chi connectivity index (χ1v) is 6.51. The number of carbonyl (C=O) groups is 1. The monoisotopic (exact) mass is 250 g/mol. The summed E-state index contributed by atoms with van der Waals surface area (Å²) in [5.41, 5.74) is 1.75. The minimum atomic E-state index is -0.953. The molecular formula is C12H14N2O2S. The third-order valence-corrected chi connectivity index (χ3v) is 4.49. The number of carboxylic acids is 1. The Morgan fingerprint density at radius 3 is 3.06 bits per heavy atom. The van der Waals surface area contributed by atoms with Crippen molar-refractivity contribution in [2.45, 2.75) is 33.1 Å². The Morgan fingerprint density at radius 1 is 1.59 bits per heavy atom. The van der Waals surface area contributed by atoms with E-state index in [-0.39, 0.29) is 5.69 Å². The minimum absolute atomic E-state index is 0.142. The van der Waals surface area contributed by atoms with Crippen LogP contribution >= 0.6 is 11.3 Å². The molecule has 2 aromatic rings. The van der Waals surface area contributed by atoms with E-state index >= 15 is 0 Å². The zero-order valence-corrected chi connectivity index (χ0v) is 10.7. The molecule has 1 aliphatic rings. The van der Waals surface area contributed by atoms with Crippen LogP contribution in [0.4, 0.5) is 0 Å². The molecule has 4 nitrogen and oxygen atoms in total. The van der Waals surface area contributed by atoms with Gasteiger partial charge < -0.3 is 5.11 Å². The van der Waals surface area contributed by atoms with Gasteiger partial charge in [0.2, 0.25) is 0 Å². The Morgan fingerprint density at radius 2 is 2.35 bits per heavy atom. The molecule has 0 saturated heterocycles. The largest absolute Gasteiger partial charge is 0.476 e. The predicted molar refractivity (Wildman–Crippen MR) is 65.8 cm³/mol. The highest BCUT2D eigenvalue weighted by Gasteiger charge is 2.29. The van der Waals surface area contributed by atoms with Crippen LogP contribution < -0.4 is 0 Å². The van der Waals surface area contributed by atoms with Crippen LogP contribution in [0.25, 0.3) is 4.96 Å². The number of imidazole rings is 1. The molecule has 0 amide bonds. The molecule has 0 unspecified atom stereocenters. The Labute approximate surface area is 103 Å². The van der Waals surface area contributed by atoms with Gasteiger partial charge in [-0.2, -0.15) is 0 Å². The average Bonchev–Trinajstić information content (AvgIpc) is 2.71. The number of fused-ring (bicyclic) bond motifs is 3. The molecule has 2 aromatic heterocycles. The molecule has 2 heterocycles. The molecule has 3 rings (SSSR count). The highest BCUT2D eigenvalue weighted by Crippen LogP contribution is 2.38. The Balaban J connectivity index is 2.12. The minimum Gasteiger partial charge on any atom is -0.476 e. The van der Waals surface area contributed by atoms with Crippen molar-refractivity contribution < 1.29 is 9.90 Å². The molecule has 17 heavy (non-hydrogen) atoms. The second-order valence-electron chi connectivity index (χ2n) is 5.40. The molecule has 0 aliphatic heterocycles. The van der Waals surface area contributed by atoms with Gasteiger partial charge in [-0.05, 0) is 24.7 Å². The Hall–Kier alpha value is -1.36. The maximum Gasteiger partial charge on any atom is 0.356 e. The molecular weight excluding hydrogens is 236 g/mol. The van der Waals surface area contributed by atoms with Crippen LogP contribution in [0.3, 0.4) is 0 Å². The van der Waals surface area contributed by atoms with E-state index in [1.54, 1.807) is 17.5 Å². The summed E-state index contributed by atoms with van der Waals surface area (Å²) in [6.07, 6.45) is 4.87. The SMILES string of the molecule is CC1(C)CCc2c(sc3nc(C(=O)O)cn23)C1. The van der Waals surface area contributed by atoms with Crippen LogP contribution in [0.5, 0.6) is 0 Å². The Bertz CT molecular complexity index is 609. The van der Waals surface area contributed by atoms with Gasteiger partial charge in [-0.3, -0.25) is 4.40 Å². The fourth-order valence-corrected chi connectivity index (χ4v) is 3.82. The zero-order chi connectivity index (χ0) is 12.2. The van der Waals surface area contributed by atoms with Crippen molar-refractivity contribution in [1.29, 1.82) is 0 Å². The normalized spacial score (nSPS) is 18.2. The molecule has 0 spiro atoms. The number of hydrogen-bond donors (Lipinski definition) is 1. The number of thiazole rings is 1. The summed E-state index contributed by atoms with van der Waals surface area (Å²) in [6.45, 7) is 4.56. The average molecular weight is 250 g/mol. The van der Waals surface area contributed by atoms with Crippen LogP contribution in [-0.4, -0.2) is 20.5 Å². The van der Waals surface area contributed by atoms with Gasteiger partial charge in [0.15, 0.2) is 10.7 Å². The van der Waals surface area contributed by atoms with Gasteiger partial charge in [0.25, 0.3) is 0 Å². The standard InChI is InChI=1S/C12H14N2O2S/c1-12(2)4-3-8-9(5-12)17-11-13-7(10(15)16)6-14(8)11/h6H,3-5H2,1-2H3,(H,15,16). The molecule has 0 bridgehead atoms. The summed E-state index contributed by atoms with van der Waals surface area (Å²) in [4.78, 5) is 17.2. The summed E-state index contributed by atoms with van der Waals surface area (Å²) in [6, 6.07) is 0. The summed E-state index contributed by atoms with van der Waals surface area (Å²) in [7, 11) is 0. The third kappa shape index (κ3) is 1.65. The summed E-state index contributed by atoms with van der Waals surface area (Å²) >= 11 is 1.63. The van der Waals surface area contributed by atoms with Crippen molar-refractivity contribution in [2.75, 3.05) is 0 Å². The molecule has 0 atom stereocenters. The van der Waals surface area contributed by atoms with Gasteiger partial charge in [-0.1, -0.05) is 13.8 Å². The molecule has 0 saturated carbocycles. The number of aromatic nitrogens is 2. The number of nitrogens with zero attached hydrogens (tertiary/aromatic N) is 2. The summed E-state index contributed by atoms with van der Waals surface area (Å²) in [5.74, 6) is -0.953. The number of aromatic carboxylic acids is 1. The highest BCUT2D eigenvalue weighted by atomic mass is 32.1. The molecule has 1 N–H and O–H groups in total. The predicted octanol–water partition coefficient (Wildman–Crippen LogP) is 2.61. The first kappa shape index (κ1) is 10.8. The second kappa shape index (κ2) is 3.32. The van der Waals surface area contributed by atoms with Gasteiger partial charge >= 0.3 is 5.97 Å². The van der Waals surface area contributed by atoms with E-state index in [0.29, 0.717) is 5.41 Å². The van der Waals surface area contributed by atoms with E-state index in [1.165, 1.54) is 10.6 Å². The van der Waals surface area contributed by atoms with Crippen molar-refractivity contribution in [3.63, 3.8) is 0 Å². The van der Waals surface area contributed by atoms with Gasteiger partial charge in [-0.15, -0.1) is 11.3 Å². The van der Waals surface area contributed by atoms with Gasteiger partial charge in [0.05, 0.1) is 0 Å². The number of hydrogen-bond acceptors (Lipinski definition) is 3. The van der Waals surface area contributed by atoms with Crippen LogP contribution in [0.2, 0.25) is 0 Å². The molecule has 1 aliphatic carbocycles. The van der Waals surface area contributed by atoms with Gasteiger partial charge in [-0.25, -0.2) is 9.78 Å². The zero-order valence-electron chi connectivity index (χ0n) is 9.86. The van der Waals surface area contributed by atoms with E-state index < -0.39 is 5.97 Å². The van der Waals surface area contributed by atoms with Crippen molar-refractivity contribution in [1.82, 2.24) is 9.38 Å². The fraction of sp³-hybridized carbons (Fsp3) is 0.500. The Kier molecular flexibility index (Phi) is 2.10. The lowest BCUT2D eigenvalue weighted by atomic mass is 9.79. The molecule has 0 fully saturated rings. The van der Waals surface area contributed by atoms with Crippen molar-refractivity contribution >= 4 is 22.3 Å². The third-order valence-electron chi connectivity index (χ3n) is 3.40. The van der Waals surface area contributed by atoms with Crippen LogP contribution in [0, 0.1) is 5.41 Å². The lowest BCUT2D eigenvalue weighted by Gasteiger charge is -2.28. The first-order chi connectivity index (χ1) is 7.96. The topological polar surface area (TPSA) is 54.6 Å². The second-order valence-corrected chi connectivity index (χ2v) is 6.46. The van der Waals surface area contributed by atoms with E-state index in [2.05, 4.69) is 18.8 Å². The molecule has 5 heteroatoms. The lowest BCUT2D eigenvalue weighted by Crippen LogP contribution is -2.21. The lowest BCUT2D eigenvalue weighted by molar-refractivity contribution is 0.0691. The quantitative estimate of drug-likeness (QED) is 0.846. The maximum absolute atomic E-state index is 10.9. The number of rotatable bonds is 1. The summed E-state index contributed by atoms with van der Waals surface area (Å²) < 4.78 is 1.96. The number of carboxylic acid groups (broad SMARTS) is 1. The van der Waals surface area contributed by atoms with Crippen molar-refractivity contribution in [3.05, 3.63) is 22.5 Å². The molecule has 90 valence electrons. The first-order valence-electron chi connectivity index (χ1n) is 5.69. The van der Waals surface area contributed by atoms with E-state index in [1.807, 2.05) is 4.40 Å². The molecule has 0 aromatic carbocycles. The van der Waals surface area contributed by atoms with Crippen LogP contribution in [0.15, 0.2) is 6.20 Å². The van der Waals surface area contributed by atoms with E-state index in [0.717, 1.165) is 24.2 Å². The van der Waals surface area contributed by atoms with Crippen molar-refractivity contribution in [2.24, 2.45) is 5.41 Å². The maximum atomic E-state index is 10.9. The van der Waals surface area contributed by atoms with Crippen molar-refractivity contribution in [3.8, 4) is 0 Å². The van der Waals surface area contributed by atoms with Gasteiger partial charge in [0, 0.05) is 16.8 Å². The summed E-state index contributed by atoms with van der Waals surface area (Å²) in [5, 5.41) is 8.92. The number of aryl methyl sites for hydroxylation is 1. The van der Waals surface area contributed by atoms with E-state index in [4.69, 9.17) is 5.11 Å². The van der Waals surface area contributed by atoms with Gasteiger partial charge in [0.1, 0.15) is 0 Å². The van der Waals surface area contributed by atoms with E-state index in [9.17, 15) is 4.79 Å². The fourth-order valence-electron chi connectivity index (χ4n) is 2.41. The smallest absolute Gasteiger partial charge is 0.356 e.